The number of rotatable bonds is 12. The highest BCUT2D eigenvalue weighted by atomic mass is 16.3. The first-order chi connectivity index (χ1) is 10.8. The summed E-state index contributed by atoms with van der Waals surface area (Å²) in [6.45, 7) is 2.45. The fourth-order valence-corrected chi connectivity index (χ4v) is 2.47. The Labute approximate surface area is 134 Å². The Morgan fingerprint density at radius 1 is 1.14 bits per heavy atom. The van der Waals surface area contributed by atoms with E-state index in [1.54, 1.807) is 6.20 Å². The number of aliphatic hydroxyl groups is 1. The van der Waals surface area contributed by atoms with E-state index in [9.17, 15) is 4.79 Å². The highest BCUT2D eigenvalue weighted by Gasteiger charge is 2.05. The van der Waals surface area contributed by atoms with Crippen molar-refractivity contribution in [2.45, 2.75) is 71.1 Å². The molecular weight excluding hydrogens is 278 g/mol. The Kier molecular flexibility index (Phi) is 10.4. The highest BCUT2D eigenvalue weighted by Crippen LogP contribution is 2.11. The number of carbonyl (C=O) groups is 1. The summed E-state index contributed by atoms with van der Waals surface area (Å²) in [5, 5.41) is 15.5. The van der Waals surface area contributed by atoms with Crippen LogP contribution in [0.5, 0.6) is 0 Å². The second-order valence-electron chi connectivity index (χ2n) is 5.79. The van der Waals surface area contributed by atoms with Gasteiger partial charge in [0.15, 0.2) is 0 Å². The lowest BCUT2D eigenvalue weighted by Gasteiger charge is -2.02. The quantitative estimate of drug-likeness (QED) is 0.581. The predicted octanol–water partition coefficient (Wildman–Crippen LogP) is 3.51. The van der Waals surface area contributed by atoms with Gasteiger partial charge < -0.3 is 10.4 Å². The molecule has 0 atom stereocenters. The van der Waals surface area contributed by atoms with Crippen LogP contribution in [0.1, 0.15) is 70.4 Å². The maximum atomic E-state index is 11.6. The Morgan fingerprint density at radius 2 is 1.77 bits per heavy atom. The third-order valence-corrected chi connectivity index (χ3v) is 3.78. The van der Waals surface area contributed by atoms with Crippen LogP contribution in [0, 0.1) is 0 Å². The molecule has 0 saturated carbocycles. The molecule has 1 rings (SSSR count). The third-order valence-electron chi connectivity index (χ3n) is 3.78. The molecule has 0 bridgehead atoms. The summed E-state index contributed by atoms with van der Waals surface area (Å²) in [4.78, 5) is 11.6. The fraction of sp³-hybridized carbons (Fsp3) is 0.765. The number of aliphatic hydroxyl groups excluding tert-OH is 1. The summed E-state index contributed by atoms with van der Waals surface area (Å²) in [5.74, 6) is 0. The molecule has 0 aromatic carbocycles. The van der Waals surface area contributed by atoms with E-state index in [4.69, 9.17) is 5.11 Å². The first-order valence-electron chi connectivity index (χ1n) is 8.71. The molecular formula is C17H31N3O2. The minimum Gasteiger partial charge on any atom is -0.395 e. The first kappa shape index (κ1) is 18.7. The molecule has 5 nitrogen and oxygen atoms in total. The molecule has 1 aromatic heterocycles. The highest BCUT2D eigenvalue weighted by molar-refractivity contribution is 5.75. The van der Waals surface area contributed by atoms with Gasteiger partial charge >= 0.3 is 6.03 Å². The number of hydrogen-bond donors (Lipinski definition) is 2. The van der Waals surface area contributed by atoms with Crippen molar-refractivity contribution in [1.82, 2.24) is 15.1 Å². The van der Waals surface area contributed by atoms with E-state index in [0.717, 1.165) is 18.5 Å². The fourth-order valence-electron chi connectivity index (χ4n) is 2.47. The topological polar surface area (TPSA) is 67.2 Å². The van der Waals surface area contributed by atoms with Crippen LogP contribution < -0.4 is 5.32 Å². The second-order valence-corrected chi connectivity index (χ2v) is 5.79. The zero-order chi connectivity index (χ0) is 16.0. The number of hydrogen-bond acceptors (Lipinski definition) is 3. The van der Waals surface area contributed by atoms with Crippen molar-refractivity contribution in [3.05, 3.63) is 18.0 Å². The molecule has 0 aliphatic carbocycles. The van der Waals surface area contributed by atoms with E-state index in [-0.39, 0.29) is 19.2 Å². The monoisotopic (exact) mass is 309 g/mol. The van der Waals surface area contributed by atoms with Crippen LogP contribution in [0.25, 0.3) is 0 Å². The molecule has 22 heavy (non-hydrogen) atoms. The van der Waals surface area contributed by atoms with Crippen molar-refractivity contribution in [2.24, 2.45) is 0 Å². The molecule has 126 valence electrons. The third kappa shape index (κ3) is 8.17. The lowest BCUT2D eigenvalue weighted by Crippen LogP contribution is -2.31. The van der Waals surface area contributed by atoms with Crippen molar-refractivity contribution >= 4 is 6.03 Å². The molecule has 5 heteroatoms. The van der Waals surface area contributed by atoms with Crippen LogP contribution >= 0.6 is 0 Å². The number of aromatic nitrogens is 2. The Morgan fingerprint density at radius 3 is 2.41 bits per heavy atom. The summed E-state index contributed by atoms with van der Waals surface area (Å²) < 4.78 is 1.30. The molecule has 1 aromatic rings. The number of carbonyl (C=O) groups excluding carboxylic acids is 1. The van der Waals surface area contributed by atoms with E-state index >= 15 is 0 Å². The van der Waals surface area contributed by atoms with Crippen LogP contribution in [0.3, 0.4) is 0 Å². The smallest absolute Gasteiger partial charge is 0.342 e. The van der Waals surface area contributed by atoms with Gasteiger partial charge in [-0.1, -0.05) is 58.3 Å². The van der Waals surface area contributed by atoms with Crippen molar-refractivity contribution in [3.63, 3.8) is 0 Å². The van der Waals surface area contributed by atoms with E-state index < -0.39 is 0 Å². The zero-order valence-corrected chi connectivity index (χ0v) is 13.9. The summed E-state index contributed by atoms with van der Waals surface area (Å²) in [7, 11) is 0. The van der Waals surface area contributed by atoms with E-state index in [1.165, 1.54) is 56.0 Å². The van der Waals surface area contributed by atoms with E-state index in [2.05, 4.69) is 17.3 Å². The normalized spacial score (nSPS) is 10.8. The minimum atomic E-state index is -0.285. The van der Waals surface area contributed by atoms with E-state index in [0.29, 0.717) is 0 Å². The Balaban J connectivity index is 2.05. The van der Waals surface area contributed by atoms with Gasteiger partial charge in [0.25, 0.3) is 0 Å². The largest absolute Gasteiger partial charge is 0.395 e. The summed E-state index contributed by atoms with van der Waals surface area (Å²) in [5.41, 5.74) is 0.960. The van der Waals surface area contributed by atoms with Gasteiger partial charge in [0, 0.05) is 12.7 Å². The van der Waals surface area contributed by atoms with Crippen molar-refractivity contribution in [2.75, 3.05) is 13.2 Å². The summed E-state index contributed by atoms with van der Waals surface area (Å²) >= 11 is 0. The van der Waals surface area contributed by atoms with Gasteiger partial charge in [-0.2, -0.15) is 9.78 Å². The lowest BCUT2D eigenvalue weighted by molar-refractivity contribution is 0.233. The van der Waals surface area contributed by atoms with Crippen LogP contribution in [-0.2, 0) is 6.42 Å². The van der Waals surface area contributed by atoms with Gasteiger partial charge in [-0.25, -0.2) is 4.79 Å². The van der Waals surface area contributed by atoms with Gasteiger partial charge in [0.1, 0.15) is 0 Å². The molecule has 2 N–H and O–H groups in total. The van der Waals surface area contributed by atoms with Gasteiger partial charge in [0.2, 0.25) is 0 Å². The number of unbranched alkanes of at least 4 members (excludes halogenated alkanes) is 8. The van der Waals surface area contributed by atoms with E-state index in [1.807, 2.05) is 6.07 Å². The Bertz CT molecular complexity index is 404. The van der Waals surface area contributed by atoms with Gasteiger partial charge in [-0.3, -0.25) is 0 Å². The minimum absolute atomic E-state index is 0.0572. The van der Waals surface area contributed by atoms with Crippen molar-refractivity contribution in [1.29, 1.82) is 0 Å². The van der Waals surface area contributed by atoms with Gasteiger partial charge in [0.05, 0.1) is 12.3 Å². The number of aryl methyl sites for hydroxylation is 1. The molecule has 0 fully saturated rings. The van der Waals surface area contributed by atoms with Crippen LogP contribution in [0.4, 0.5) is 4.79 Å². The average molecular weight is 309 g/mol. The molecule has 0 radical (unpaired) electrons. The van der Waals surface area contributed by atoms with Gasteiger partial charge in [-0.05, 0) is 18.9 Å². The molecule has 0 aliphatic heterocycles. The lowest BCUT2D eigenvalue weighted by atomic mass is 10.1. The SMILES string of the molecule is CCCCCCCCCCCc1ccn(C(=O)NCCO)n1. The molecule has 0 aliphatic rings. The summed E-state index contributed by atoms with van der Waals surface area (Å²) in [6.07, 6.45) is 14.4. The maximum absolute atomic E-state index is 11.6. The molecule has 0 spiro atoms. The van der Waals surface area contributed by atoms with Crippen molar-refractivity contribution in [3.8, 4) is 0 Å². The molecule has 0 unspecified atom stereocenters. The van der Waals surface area contributed by atoms with Crippen LogP contribution in [0.2, 0.25) is 0 Å². The number of nitrogens with one attached hydrogen (secondary N) is 1. The Hall–Kier alpha value is -1.36. The van der Waals surface area contributed by atoms with Gasteiger partial charge in [-0.15, -0.1) is 0 Å². The maximum Gasteiger partial charge on any atom is 0.342 e. The first-order valence-corrected chi connectivity index (χ1v) is 8.71. The second kappa shape index (κ2) is 12.2. The van der Waals surface area contributed by atoms with Crippen LogP contribution in [-0.4, -0.2) is 34.1 Å². The number of nitrogens with zero attached hydrogens (tertiary/aromatic N) is 2. The average Bonchev–Trinajstić information content (AvgIpc) is 3.00. The molecule has 1 amide bonds. The zero-order valence-electron chi connectivity index (χ0n) is 13.9. The predicted molar refractivity (Wildman–Crippen MR) is 89.0 cm³/mol. The summed E-state index contributed by atoms with van der Waals surface area (Å²) in [6, 6.07) is 1.61. The molecule has 0 saturated heterocycles. The number of amides is 1. The molecule has 1 heterocycles. The van der Waals surface area contributed by atoms with Crippen molar-refractivity contribution < 1.29 is 9.90 Å². The van der Waals surface area contributed by atoms with Crippen LogP contribution in [0.15, 0.2) is 12.3 Å². The standard InChI is InChI=1S/C17H31N3O2/c1-2-3-4-5-6-7-8-9-10-11-16-12-14-20(19-16)17(22)18-13-15-21/h12,14,21H,2-11,13,15H2,1H3,(H,18,22).